The Morgan fingerprint density at radius 3 is 2.68 bits per heavy atom. The number of aromatic nitrogens is 2. The van der Waals surface area contributed by atoms with E-state index in [1.54, 1.807) is 0 Å². The first-order valence-electron chi connectivity index (χ1n) is 9.07. The average molecular weight is 337 g/mol. The van der Waals surface area contributed by atoms with Gasteiger partial charge in [-0.3, -0.25) is 9.59 Å². The van der Waals surface area contributed by atoms with Crippen molar-refractivity contribution >= 4 is 5.91 Å². The number of aromatic amines is 1. The van der Waals surface area contributed by atoms with Crippen LogP contribution in [-0.4, -0.2) is 27.3 Å². The van der Waals surface area contributed by atoms with Crippen molar-refractivity contribution < 1.29 is 4.79 Å². The van der Waals surface area contributed by atoms with Gasteiger partial charge in [-0.1, -0.05) is 30.3 Å². The molecule has 1 saturated carbocycles. The van der Waals surface area contributed by atoms with Gasteiger partial charge in [0.15, 0.2) is 0 Å². The highest BCUT2D eigenvalue weighted by molar-refractivity contribution is 5.81. The van der Waals surface area contributed by atoms with Gasteiger partial charge < -0.3 is 9.88 Å². The fourth-order valence-electron chi connectivity index (χ4n) is 3.68. The Balaban J connectivity index is 1.61. The zero-order valence-electron chi connectivity index (χ0n) is 14.5. The number of carbonyl (C=O) groups excluding carboxylic acids is 1. The van der Waals surface area contributed by atoms with Gasteiger partial charge in [0.25, 0.3) is 5.56 Å². The fourth-order valence-corrected chi connectivity index (χ4v) is 3.68. The second kappa shape index (κ2) is 6.47. The molecule has 0 spiro atoms. The smallest absolute Gasteiger partial charge is 0.254 e. The number of likely N-dealkylation sites (tertiary alicyclic amines) is 1. The molecule has 1 atom stereocenters. The molecule has 1 N–H and O–H groups in total. The molecule has 1 aliphatic heterocycles. The molecule has 2 fully saturated rings. The molecule has 1 aromatic heterocycles. The van der Waals surface area contributed by atoms with Crippen LogP contribution in [0, 0.1) is 12.8 Å². The molecule has 4 rings (SSSR count). The van der Waals surface area contributed by atoms with Crippen molar-refractivity contribution in [2.75, 3.05) is 6.54 Å². The van der Waals surface area contributed by atoms with E-state index in [0.717, 1.165) is 43.5 Å². The van der Waals surface area contributed by atoms with E-state index in [9.17, 15) is 9.59 Å². The fraction of sp³-hybridized carbons (Fsp3) is 0.450. The van der Waals surface area contributed by atoms with Crippen LogP contribution < -0.4 is 5.56 Å². The maximum absolute atomic E-state index is 12.6. The Labute approximate surface area is 147 Å². The number of benzene rings is 1. The molecule has 2 aromatic rings. The lowest BCUT2D eigenvalue weighted by molar-refractivity contribution is -0.133. The lowest BCUT2D eigenvalue weighted by atomic mass is 10.0. The van der Waals surface area contributed by atoms with Gasteiger partial charge >= 0.3 is 0 Å². The van der Waals surface area contributed by atoms with Gasteiger partial charge in [-0.25, -0.2) is 4.98 Å². The zero-order valence-corrected chi connectivity index (χ0v) is 14.5. The lowest BCUT2D eigenvalue weighted by Crippen LogP contribution is -2.34. The maximum atomic E-state index is 12.6. The Bertz CT molecular complexity index is 840. The highest BCUT2D eigenvalue weighted by atomic mass is 16.2. The molecule has 1 aliphatic carbocycles. The molecular weight excluding hydrogens is 314 g/mol. The van der Waals surface area contributed by atoms with E-state index in [1.165, 1.54) is 0 Å². The van der Waals surface area contributed by atoms with Crippen LogP contribution in [0.2, 0.25) is 0 Å². The summed E-state index contributed by atoms with van der Waals surface area (Å²) in [6.45, 7) is 2.66. The van der Waals surface area contributed by atoms with Gasteiger partial charge in [0.2, 0.25) is 5.91 Å². The summed E-state index contributed by atoms with van der Waals surface area (Å²) >= 11 is 0. The summed E-state index contributed by atoms with van der Waals surface area (Å²) in [5, 5.41) is 0. The molecule has 1 saturated heterocycles. The van der Waals surface area contributed by atoms with Crippen LogP contribution in [0.3, 0.4) is 0 Å². The molecule has 25 heavy (non-hydrogen) atoms. The number of hydrogen-bond acceptors (Lipinski definition) is 3. The molecule has 130 valence electrons. The summed E-state index contributed by atoms with van der Waals surface area (Å²) in [6.07, 6.45) is 4.42. The molecule has 1 amide bonds. The molecule has 2 heterocycles. The van der Waals surface area contributed by atoms with E-state index in [0.29, 0.717) is 17.8 Å². The van der Waals surface area contributed by atoms with E-state index in [1.807, 2.05) is 42.2 Å². The SMILES string of the molecule is Cc1nc(C2CCCN2C(=O)C2CC2)[nH]c(=O)c1Cc1ccccc1. The Kier molecular flexibility index (Phi) is 4.15. The normalized spacial score (nSPS) is 20.0. The predicted molar refractivity (Wildman–Crippen MR) is 95.3 cm³/mol. The number of hydrogen-bond donors (Lipinski definition) is 1. The van der Waals surface area contributed by atoms with E-state index < -0.39 is 0 Å². The van der Waals surface area contributed by atoms with E-state index in [-0.39, 0.29) is 23.4 Å². The topological polar surface area (TPSA) is 66.1 Å². The molecule has 0 radical (unpaired) electrons. The molecule has 1 aromatic carbocycles. The second-order valence-corrected chi connectivity index (χ2v) is 7.14. The molecular formula is C20H23N3O2. The predicted octanol–water partition coefficient (Wildman–Crippen LogP) is 2.74. The van der Waals surface area contributed by atoms with Crippen molar-refractivity contribution in [1.82, 2.24) is 14.9 Å². The third-order valence-corrected chi connectivity index (χ3v) is 5.24. The maximum Gasteiger partial charge on any atom is 0.254 e. The molecule has 0 bridgehead atoms. The van der Waals surface area contributed by atoms with Crippen LogP contribution in [0.1, 0.15) is 54.4 Å². The van der Waals surface area contributed by atoms with Crippen molar-refractivity contribution in [3.8, 4) is 0 Å². The molecule has 2 aliphatic rings. The van der Waals surface area contributed by atoms with E-state index >= 15 is 0 Å². The first-order valence-corrected chi connectivity index (χ1v) is 9.07. The largest absolute Gasteiger partial charge is 0.332 e. The van der Waals surface area contributed by atoms with Gasteiger partial charge in [0.1, 0.15) is 5.82 Å². The van der Waals surface area contributed by atoms with Gasteiger partial charge in [0, 0.05) is 30.1 Å². The standard InChI is InChI=1S/C20H23N3O2/c1-13-16(12-14-6-3-2-4-7-14)19(24)22-18(21-13)17-8-5-11-23(17)20(25)15-9-10-15/h2-4,6-7,15,17H,5,8-12H2,1H3,(H,21,22,24). The average Bonchev–Trinajstić information content (AvgIpc) is 3.35. The summed E-state index contributed by atoms with van der Waals surface area (Å²) < 4.78 is 0. The van der Waals surface area contributed by atoms with Crippen LogP contribution >= 0.6 is 0 Å². The molecule has 5 nitrogen and oxygen atoms in total. The Morgan fingerprint density at radius 1 is 1.24 bits per heavy atom. The summed E-state index contributed by atoms with van der Waals surface area (Å²) in [5.74, 6) is 1.08. The summed E-state index contributed by atoms with van der Waals surface area (Å²) in [4.78, 5) is 34.7. The summed E-state index contributed by atoms with van der Waals surface area (Å²) in [6, 6.07) is 9.86. The van der Waals surface area contributed by atoms with Crippen molar-refractivity contribution in [1.29, 1.82) is 0 Å². The van der Waals surface area contributed by atoms with Crippen molar-refractivity contribution in [2.45, 2.75) is 45.1 Å². The molecule has 5 heteroatoms. The van der Waals surface area contributed by atoms with Gasteiger partial charge in [-0.2, -0.15) is 0 Å². The van der Waals surface area contributed by atoms with Crippen molar-refractivity contribution in [3.05, 3.63) is 63.3 Å². The van der Waals surface area contributed by atoms with Gasteiger partial charge in [0.05, 0.1) is 6.04 Å². The quantitative estimate of drug-likeness (QED) is 0.933. The minimum absolute atomic E-state index is 0.0784. The third kappa shape index (κ3) is 3.23. The third-order valence-electron chi connectivity index (χ3n) is 5.24. The number of nitrogens with zero attached hydrogens (tertiary/aromatic N) is 2. The minimum atomic E-state index is -0.0860. The number of nitrogens with one attached hydrogen (secondary N) is 1. The number of H-pyrrole nitrogens is 1. The summed E-state index contributed by atoms with van der Waals surface area (Å²) in [7, 11) is 0. The van der Waals surface area contributed by atoms with Crippen molar-refractivity contribution in [3.63, 3.8) is 0 Å². The zero-order chi connectivity index (χ0) is 17.4. The number of carbonyl (C=O) groups is 1. The van der Waals surface area contributed by atoms with E-state index in [4.69, 9.17) is 0 Å². The number of amides is 1. The van der Waals surface area contributed by atoms with Crippen LogP contribution in [-0.2, 0) is 11.2 Å². The molecule has 1 unspecified atom stereocenters. The van der Waals surface area contributed by atoms with Crippen LogP contribution in [0.25, 0.3) is 0 Å². The number of aryl methyl sites for hydroxylation is 1. The highest BCUT2D eigenvalue weighted by Gasteiger charge is 2.39. The Hall–Kier alpha value is -2.43. The highest BCUT2D eigenvalue weighted by Crippen LogP contribution is 2.37. The van der Waals surface area contributed by atoms with Crippen molar-refractivity contribution in [2.24, 2.45) is 5.92 Å². The monoisotopic (exact) mass is 337 g/mol. The minimum Gasteiger partial charge on any atom is -0.332 e. The summed E-state index contributed by atoms with van der Waals surface area (Å²) in [5.41, 5.74) is 2.47. The van der Waals surface area contributed by atoms with Gasteiger partial charge in [-0.05, 0) is 38.2 Å². The van der Waals surface area contributed by atoms with Crippen LogP contribution in [0.5, 0.6) is 0 Å². The van der Waals surface area contributed by atoms with Crippen LogP contribution in [0.15, 0.2) is 35.1 Å². The van der Waals surface area contributed by atoms with E-state index in [2.05, 4.69) is 9.97 Å². The number of rotatable bonds is 4. The second-order valence-electron chi connectivity index (χ2n) is 7.14. The first kappa shape index (κ1) is 16.1. The Morgan fingerprint density at radius 2 is 2.00 bits per heavy atom. The lowest BCUT2D eigenvalue weighted by Gasteiger charge is -2.24. The van der Waals surface area contributed by atoms with Gasteiger partial charge in [-0.15, -0.1) is 0 Å². The van der Waals surface area contributed by atoms with Crippen LogP contribution in [0.4, 0.5) is 0 Å². The first-order chi connectivity index (χ1) is 12.1.